The fraction of sp³-hybridized carbons (Fsp3) is 0.0435. The van der Waals surface area contributed by atoms with Gasteiger partial charge in [-0.15, -0.1) is 0 Å². The van der Waals surface area contributed by atoms with E-state index in [0.29, 0.717) is 0 Å². The van der Waals surface area contributed by atoms with Gasteiger partial charge in [0, 0.05) is 61.0 Å². The van der Waals surface area contributed by atoms with Gasteiger partial charge in [-0.05, 0) is 284 Å². The molecule has 0 amide bonds. The Labute approximate surface area is 845 Å². The summed E-state index contributed by atoms with van der Waals surface area (Å²) in [6, 6.07) is 176. The predicted molar refractivity (Wildman–Crippen MR) is 616 cm³/mol. The van der Waals surface area contributed by atoms with Crippen LogP contribution in [0.1, 0.15) is 33.4 Å². The third-order valence-corrected chi connectivity index (χ3v) is 30.1. The Balaban J connectivity index is 0.000000148. The van der Waals surface area contributed by atoms with E-state index < -0.39 is 0 Å². The summed E-state index contributed by atoms with van der Waals surface area (Å²) in [4.78, 5) is 4.63. The molecular formula is C138H98B2N2O3. The Kier molecular flexibility index (Phi) is 21.8. The number of furan rings is 1. The molecule has 2 aliphatic rings. The summed E-state index contributed by atoms with van der Waals surface area (Å²) in [6.45, 7) is 13.8. The Morgan fingerprint density at radius 2 is 0.524 bits per heavy atom. The van der Waals surface area contributed by atoms with Crippen LogP contribution in [-0.4, -0.2) is 13.4 Å². The van der Waals surface area contributed by atoms with E-state index in [-0.39, 0.29) is 13.4 Å². The lowest BCUT2D eigenvalue weighted by atomic mass is 9.34. The summed E-state index contributed by atoms with van der Waals surface area (Å²) < 4.78 is 20.5. The summed E-state index contributed by atoms with van der Waals surface area (Å²) in [7, 11) is 0. The quantitative estimate of drug-likeness (QED) is 0.0671. The molecule has 684 valence electrons. The Bertz CT molecular complexity index is 9240. The second-order valence-electron chi connectivity index (χ2n) is 39.1. The molecule has 0 unspecified atom stereocenters. The van der Waals surface area contributed by atoms with Gasteiger partial charge < -0.3 is 23.7 Å². The fourth-order valence-corrected chi connectivity index (χ4v) is 23.8. The Morgan fingerprint density at radius 3 is 1.01 bits per heavy atom. The van der Waals surface area contributed by atoms with E-state index in [1.54, 1.807) is 0 Å². The normalized spacial score (nSPS) is 11.8. The number of fused-ring (bicyclic) bond motifs is 15. The van der Waals surface area contributed by atoms with Gasteiger partial charge in [0.1, 0.15) is 28.6 Å². The minimum Gasteiger partial charge on any atom is -0.456 e. The van der Waals surface area contributed by atoms with E-state index in [1.807, 2.05) is 12.1 Å². The zero-order valence-corrected chi connectivity index (χ0v) is 81.5. The summed E-state index contributed by atoms with van der Waals surface area (Å²) >= 11 is 0. The molecule has 0 aliphatic carbocycles. The molecular weight excluding hydrogens is 1760 g/mol. The van der Waals surface area contributed by atoms with Gasteiger partial charge in [-0.1, -0.05) is 424 Å². The lowest BCUT2D eigenvalue weighted by molar-refractivity contribution is 0.487. The van der Waals surface area contributed by atoms with Gasteiger partial charge in [0.2, 0.25) is 13.4 Å². The van der Waals surface area contributed by atoms with Crippen LogP contribution >= 0.6 is 0 Å². The van der Waals surface area contributed by atoms with Crippen LogP contribution in [0.2, 0.25) is 0 Å². The van der Waals surface area contributed by atoms with E-state index in [0.717, 1.165) is 134 Å². The largest absolute Gasteiger partial charge is 0.456 e. The smallest absolute Gasteiger partial charge is 0.242 e. The average molecular weight is 1850 g/mol. The zero-order chi connectivity index (χ0) is 97.0. The van der Waals surface area contributed by atoms with Crippen LogP contribution < -0.4 is 52.1 Å². The highest BCUT2D eigenvalue weighted by Gasteiger charge is 2.33. The van der Waals surface area contributed by atoms with Crippen LogP contribution in [0.5, 0.6) is 23.0 Å². The third-order valence-electron chi connectivity index (χ3n) is 30.1. The van der Waals surface area contributed by atoms with Crippen molar-refractivity contribution in [3.05, 3.63) is 519 Å². The van der Waals surface area contributed by atoms with Gasteiger partial charge in [-0.2, -0.15) is 0 Å². The maximum absolute atomic E-state index is 6.95. The molecule has 0 spiro atoms. The van der Waals surface area contributed by atoms with E-state index in [2.05, 4.69) is 525 Å². The highest BCUT2D eigenvalue weighted by atomic mass is 16.5. The van der Waals surface area contributed by atoms with E-state index in [1.165, 1.54) is 153 Å². The third kappa shape index (κ3) is 15.5. The molecule has 0 bridgehead atoms. The number of nitrogens with zero attached hydrogens (tertiary/aromatic N) is 2. The summed E-state index contributed by atoms with van der Waals surface area (Å²) in [5.41, 5.74) is 40.2. The molecule has 0 radical (unpaired) electrons. The molecule has 25 aromatic rings. The number of ether oxygens (including phenoxy) is 2. The number of rotatable bonds is 17. The molecule has 3 heterocycles. The van der Waals surface area contributed by atoms with Crippen molar-refractivity contribution in [3.8, 4) is 101 Å². The number of hydrogen-bond acceptors (Lipinski definition) is 5. The molecule has 2 aliphatic heterocycles. The van der Waals surface area contributed by atoms with Crippen molar-refractivity contribution in [2.45, 2.75) is 41.5 Å². The second-order valence-corrected chi connectivity index (χ2v) is 39.1. The van der Waals surface area contributed by atoms with Crippen molar-refractivity contribution in [3.63, 3.8) is 0 Å². The van der Waals surface area contributed by atoms with Crippen LogP contribution in [0.25, 0.3) is 164 Å². The number of anilines is 6. The summed E-state index contributed by atoms with van der Waals surface area (Å²) in [5.74, 6) is 3.48. The first-order valence-electron chi connectivity index (χ1n) is 50.3. The highest BCUT2D eigenvalue weighted by molar-refractivity contribution is 6.97. The molecule has 145 heavy (non-hydrogen) atoms. The van der Waals surface area contributed by atoms with Crippen LogP contribution in [-0.2, 0) is 0 Å². The van der Waals surface area contributed by atoms with Gasteiger partial charge >= 0.3 is 0 Å². The molecule has 0 saturated heterocycles. The molecule has 27 rings (SSSR count). The number of hydrogen-bond donors (Lipinski definition) is 0. The molecule has 0 N–H and O–H groups in total. The maximum Gasteiger partial charge on any atom is 0.242 e. The minimum atomic E-state index is 0.121. The Hall–Kier alpha value is -18.0. The van der Waals surface area contributed by atoms with Gasteiger partial charge in [-0.3, -0.25) is 0 Å². The van der Waals surface area contributed by atoms with Crippen LogP contribution in [0.15, 0.2) is 490 Å². The lowest BCUT2D eigenvalue weighted by Crippen LogP contribution is -2.55. The van der Waals surface area contributed by atoms with E-state index in [4.69, 9.17) is 13.9 Å². The molecule has 0 fully saturated rings. The van der Waals surface area contributed by atoms with Crippen molar-refractivity contribution < 1.29 is 13.9 Å². The lowest BCUT2D eigenvalue weighted by Gasteiger charge is -2.28. The monoisotopic (exact) mass is 1850 g/mol. The topological polar surface area (TPSA) is 38.1 Å². The van der Waals surface area contributed by atoms with Gasteiger partial charge in [0.25, 0.3) is 0 Å². The highest BCUT2D eigenvalue weighted by Crippen LogP contribution is 2.55. The van der Waals surface area contributed by atoms with Crippen molar-refractivity contribution >= 4 is 167 Å². The SMILES string of the molecule is Cc1cc(C)c(B(c2ccc(-c3cc4c5cccc6c5c(cc4c4ccccc34)-c3ccc(-c4ccc(N(c5ccccc5)c5ccccc5)cc4)cc3O6)cc2)c2c(C)cc(C)cc2C)c(C)c1.c1ccc(B(c2ccccc2)c2ccc(-c3cc4c5cccc6c5c(cc4c4ccccc34)-c3ccc(-c4ccc(N(c5ccccc5-c5ccccc5)c5cccc7c5oc5ccccc57)cc4)cc3O6)cc2)cc1. The van der Waals surface area contributed by atoms with Crippen molar-refractivity contribution in [1.82, 2.24) is 0 Å². The first-order chi connectivity index (χ1) is 71.4. The summed E-state index contributed by atoms with van der Waals surface area (Å²) in [5, 5.41) is 16.7. The van der Waals surface area contributed by atoms with Crippen molar-refractivity contribution in [1.29, 1.82) is 0 Å². The number of benzene rings is 24. The van der Waals surface area contributed by atoms with Crippen molar-refractivity contribution in [2.24, 2.45) is 0 Å². The van der Waals surface area contributed by atoms with Gasteiger partial charge in [0.15, 0.2) is 5.58 Å². The van der Waals surface area contributed by atoms with E-state index >= 15 is 0 Å². The van der Waals surface area contributed by atoms with Crippen LogP contribution in [0.4, 0.5) is 34.1 Å². The molecule has 1 aromatic heterocycles. The zero-order valence-electron chi connectivity index (χ0n) is 81.5. The average Bonchev–Trinajstić information content (AvgIpc) is 1.44. The Morgan fingerprint density at radius 1 is 0.186 bits per heavy atom. The summed E-state index contributed by atoms with van der Waals surface area (Å²) in [6.07, 6.45) is 0. The number of para-hydroxylation sites is 5. The first-order valence-corrected chi connectivity index (χ1v) is 50.3. The maximum atomic E-state index is 6.95. The molecule has 0 saturated carbocycles. The molecule has 0 atom stereocenters. The predicted octanol–water partition coefficient (Wildman–Crippen LogP) is 33.9. The second kappa shape index (κ2) is 36.2. The first kappa shape index (κ1) is 87.2. The van der Waals surface area contributed by atoms with Crippen molar-refractivity contribution in [2.75, 3.05) is 9.80 Å². The molecule has 24 aromatic carbocycles. The van der Waals surface area contributed by atoms with Gasteiger partial charge in [0.05, 0.1) is 11.4 Å². The molecule has 5 nitrogen and oxygen atoms in total. The minimum absolute atomic E-state index is 0.121. The van der Waals surface area contributed by atoms with E-state index in [9.17, 15) is 0 Å². The number of aryl methyl sites for hydroxylation is 6. The fourth-order valence-electron chi connectivity index (χ4n) is 23.8. The molecule has 7 heteroatoms. The standard InChI is InChI=1S/C72H46BNO2.C66H52BNO/c1-4-18-48(19-5-1)55-24-12-14-30-66(55)74(67-31-16-29-61-58-27-13-15-32-68(58)76-72(61)67)54-41-36-47(37-42-54)50-38-43-59-65-46-63-57-26-11-10-25-56(57)62(45-64(63)60-28-17-33-69(71(60)65)75-70(59)44-50)49-34-39-53(40-35-49)73(51-20-6-2-7-21-51)52-22-8-3-9-23-52;1-41-34-43(3)65(44(4)35-41)67(66-45(5)36-42(2)37-46(66)6)50-29-24-48(25-30-50)58-39-60-57-22-15-23-62-64(57)61(40-59(60)55-21-14-13-20-54(55)58)56-33-28-49(38-63(56)69-62)47-26-31-53(32-27-47)68(51-16-9-7-10-17-51)52-18-11-8-12-19-52/h1-46H;7-40H,1-6H3. The van der Waals surface area contributed by atoms with Gasteiger partial charge in [-0.25, -0.2) is 0 Å². The van der Waals surface area contributed by atoms with Crippen LogP contribution in [0, 0.1) is 41.5 Å². The van der Waals surface area contributed by atoms with Crippen LogP contribution in [0.3, 0.4) is 0 Å².